The van der Waals surface area contributed by atoms with Crippen LogP contribution in [0.1, 0.15) is 19.4 Å². The van der Waals surface area contributed by atoms with Gasteiger partial charge in [-0.15, -0.1) is 0 Å². The highest BCUT2D eigenvalue weighted by Crippen LogP contribution is 2.26. The molecule has 1 heterocycles. The van der Waals surface area contributed by atoms with Gasteiger partial charge in [0.15, 0.2) is 0 Å². The second-order valence-corrected chi connectivity index (χ2v) is 4.33. The normalized spacial score (nSPS) is 11.1. The molecule has 1 aromatic carbocycles. The van der Waals surface area contributed by atoms with Gasteiger partial charge in [0.05, 0.1) is 6.10 Å². The Hall–Kier alpha value is -1.61. The molecule has 0 saturated heterocycles. The molecular weight excluding hydrogens is 212 g/mol. The van der Waals surface area contributed by atoms with Crippen molar-refractivity contribution in [2.75, 3.05) is 7.05 Å². The summed E-state index contributed by atoms with van der Waals surface area (Å²) in [6, 6.07) is 8.22. The Balaban J connectivity index is 2.54. The third-order valence-corrected chi connectivity index (χ3v) is 2.56. The summed E-state index contributed by atoms with van der Waals surface area (Å²) in [5.41, 5.74) is 1.19. The predicted molar refractivity (Wildman–Crippen MR) is 70.3 cm³/mol. The Labute approximate surface area is 102 Å². The van der Waals surface area contributed by atoms with E-state index in [0.717, 1.165) is 17.8 Å². The minimum absolute atomic E-state index is 0.140. The van der Waals surface area contributed by atoms with Crippen molar-refractivity contribution >= 4 is 10.8 Å². The number of hydrogen-bond acceptors (Lipinski definition) is 3. The first-order valence-corrected chi connectivity index (χ1v) is 5.90. The van der Waals surface area contributed by atoms with Gasteiger partial charge in [-0.3, -0.25) is 0 Å². The first-order valence-electron chi connectivity index (χ1n) is 5.90. The molecule has 0 aliphatic heterocycles. The molecule has 0 aliphatic carbocycles. The zero-order chi connectivity index (χ0) is 12.3. The number of nitrogens with zero attached hydrogens (tertiary/aromatic N) is 1. The second kappa shape index (κ2) is 5.15. The lowest BCUT2D eigenvalue weighted by Gasteiger charge is -2.13. The maximum Gasteiger partial charge on any atom is 0.221 e. The lowest BCUT2D eigenvalue weighted by molar-refractivity contribution is 0.236. The van der Waals surface area contributed by atoms with Gasteiger partial charge in [-0.2, -0.15) is 0 Å². The standard InChI is InChI=1S/C14H18N2O/c1-10(2)17-14-13-7-5-4-6-12(13)11(8-15-3)9-16-14/h4-7,9-10,15H,8H2,1-3H3. The number of hydrogen-bond donors (Lipinski definition) is 1. The summed E-state index contributed by atoms with van der Waals surface area (Å²) in [5.74, 6) is 0.718. The van der Waals surface area contributed by atoms with Crippen LogP contribution in [0, 0.1) is 0 Å². The Bertz CT molecular complexity index is 509. The zero-order valence-corrected chi connectivity index (χ0v) is 10.5. The average molecular weight is 230 g/mol. The molecule has 2 rings (SSSR count). The summed E-state index contributed by atoms with van der Waals surface area (Å²) in [5, 5.41) is 5.43. The molecule has 0 saturated carbocycles. The lowest BCUT2D eigenvalue weighted by atomic mass is 10.1. The number of ether oxygens (including phenoxy) is 1. The Kier molecular flexibility index (Phi) is 3.59. The molecule has 2 aromatic rings. The van der Waals surface area contributed by atoms with E-state index in [1.165, 1.54) is 10.9 Å². The molecule has 0 atom stereocenters. The largest absolute Gasteiger partial charge is 0.475 e. The van der Waals surface area contributed by atoms with Crippen LogP contribution in [0.2, 0.25) is 0 Å². The van der Waals surface area contributed by atoms with E-state index in [2.05, 4.69) is 22.4 Å². The Morgan fingerprint density at radius 1 is 1.24 bits per heavy atom. The summed E-state index contributed by atoms with van der Waals surface area (Å²) in [6.45, 7) is 4.84. The molecule has 17 heavy (non-hydrogen) atoms. The van der Waals surface area contributed by atoms with E-state index in [1.54, 1.807) is 0 Å². The van der Waals surface area contributed by atoms with Gasteiger partial charge >= 0.3 is 0 Å². The van der Waals surface area contributed by atoms with Crippen LogP contribution in [0.15, 0.2) is 30.5 Å². The van der Waals surface area contributed by atoms with Gasteiger partial charge in [-0.25, -0.2) is 4.98 Å². The number of pyridine rings is 1. The monoisotopic (exact) mass is 230 g/mol. The van der Waals surface area contributed by atoms with E-state index in [-0.39, 0.29) is 6.10 Å². The molecule has 0 radical (unpaired) electrons. The average Bonchev–Trinajstić information content (AvgIpc) is 2.32. The van der Waals surface area contributed by atoms with Crippen LogP contribution < -0.4 is 10.1 Å². The molecule has 90 valence electrons. The maximum atomic E-state index is 5.73. The molecule has 0 unspecified atom stereocenters. The van der Waals surface area contributed by atoms with Crippen molar-refractivity contribution in [1.82, 2.24) is 10.3 Å². The molecule has 3 nitrogen and oxygen atoms in total. The quantitative estimate of drug-likeness (QED) is 0.877. The number of fused-ring (bicyclic) bond motifs is 1. The van der Waals surface area contributed by atoms with Crippen LogP contribution in [-0.2, 0) is 6.54 Å². The maximum absolute atomic E-state index is 5.73. The summed E-state index contributed by atoms with van der Waals surface area (Å²) < 4.78 is 5.73. The van der Waals surface area contributed by atoms with Crippen LogP contribution in [0.5, 0.6) is 5.88 Å². The second-order valence-electron chi connectivity index (χ2n) is 4.33. The van der Waals surface area contributed by atoms with Gasteiger partial charge in [0.1, 0.15) is 0 Å². The van der Waals surface area contributed by atoms with Crippen LogP contribution in [0.4, 0.5) is 0 Å². The molecular formula is C14H18N2O. The first-order chi connectivity index (χ1) is 8.22. The molecule has 3 heteroatoms. The fraction of sp³-hybridized carbons (Fsp3) is 0.357. The fourth-order valence-electron chi connectivity index (χ4n) is 1.87. The van der Waals surface area contributed by atoms with Crippen molar-refractivity contribution in [3.8, 4) is 5.88 Å². The number of benzene rings is 1. The number of rotatable bonds is 4. The van der Waals surface area contributed by atoms with Gasteiger partial charge < -0.3 is 10.1 Å². The molecule has 0 bridgehead atoms. The van der Waals surface area contributed by atoms with Crippen LogP contribution in [-0.4, -0.2) is 18.1 Å². The predicted octanol–water partition coefficient (Wildman–Crippen LogP) is 2.74. The van der Waals surface area contributed by atoms with Gasteiger partial charge in [0, 0.05) is 18.1 Å². The fourth-order valence-corrected chi connectivity index (χ4v) is 1.87. The Morgan fingerprint density at radius 3 is 2.59 bits per heavy atom. The van der Waals surface area contributed by atoms with Crippen molar-refractivity contribution in [3.05, 3.63) is 36.0 Å². The van der Waals surface area contributed by atoms with E-state index in [0.29, 0.717) is 0 Å². The van der Waals surface area contributed by atoms with Crippen LogP contribution in [0.3, 0.4) is 0 Å². The smallest absolute Gasteiger partial charge is 0.221 e. The zero-order valence-electron chi connectivity index (χ0n) is 10.5. The molecule has 0 amide bonds. The highest BCUT2D eigenvalue weighted by Gasteiger charge is 2.08. The van der Waals surface area contributed by atoms with Gasteiger partial charge in [-0.05, 0) is 37.9 Å². The molecule has 0 aliphatic rings. The number of aromatic nitrogens is 1. The minimum Gasteiger partial charge on any atom is -0.475 e. The molecule has 0 fully saturated rings. The van der Waals surface area contributed by atoms with Crippen molar-refractivity contribution < 1.29 is 4.74 Å². The van der Waals surface area contributed by atoms with E-state index in [9.17, 15) is 0 Å². The van der Waals surface area contributed by atoms with E-state index < -0.39 is 0 Å². The van der Waals surface area contributed by atoms with Crippen LogP contribution in [0.25, 0.3) is 10.8 Å². The van der Waals surface area contributed by atoms with Gasteiger partial charge in [-0.1, -0.05) is 18.2 Å². The van der Waals surface area contributed by atoms with Crippen molar-refractivity contribution in [3.63, 3.8) is 0 Å². The molecule has 1 N–H and O–H groups in total. The van der Waals surface area contributed by atoms with E-state index in [4.69, 9.17) is 4.74 Å². The summed E-state index contributed by atoms with van der Waals surface area (Å²) in [6.07, 6.45) is 2.03. The van der Waals surface area contributed by atoms with Crippen molar-refractivity contribution in [1.29, 1.82) is 0 Å². The number of nitrogens with one attached hydrogen (secondary N) is 1. The summed E-state index contributed by atoms with van der Waals surface area (Å²) in [4.78, 5) is 4.40. The molecule has 0 spiro atoms. The lowest BCUT2D eigenvalue weighted by Crippen LogP contribution is -2.09. The van der Waals surface area contributed by atoms with E-state index in [1.807, 2.05) is 39.2 Å². The van der Waals surface area contributed by atoms with Crippen LogP contribution >= 0.6 is 0 Å². The van der Waals surface area contributed by atoms with Gasteiger partial charge in [0.25, 0.3) is 0 Å². The van der Waals surface area contributed by atoms with Gasteiger partial charge in [0.2, 0.25) is 5.88 Å². The third kappa shape index (κ3) is 2.56. The first kappa shape index (κ1) is 11.9. The van der Waals surface area contributed by atoms with Crippen molar-refractivity contribution in [2.45, 2.75) is 26.5 Å². The Morgan fingerprint density at radius 2 is 1.94 bits per heavy atom. The highest BCUT2D eigenvalue weighted by molar-refractivity contribution is 5.89. The minimum atomic E-state index is 0.140. The van der Waals surface area contributed by atoms with Crippen molar-refractivity contribution in [2.24, 2.45) is 0 Å². The summed E-state index contributed by atoms with van der Waals surface area (Å²) >= 11 is 0. The SMILES string of the molecule is CNCc1cnc(OC(C)C)c2ccccc12. The molecule has 1 aromatic heterocycles. The topological polar surface area (TPSA) is 34.2 Å². The van der Waals surface area contributed by atoms with E-state index >= 15 is 0 Å². The highest BCUT2D eigenvalue weighted by atomic mass is 16.5. The summed E-state index contributed by atoms with van der Waals surface area (Å²) in [7, 11) is 1.94. The third-order valence-electron chi connectivity index (χ3n) is 2.56.